The van der Waals surface area contributed by atoms with Crippen LogP contribution in [0.25, 0.3) is 39.1 Å². The largest absolute Gasteiger partial charge is 0.322 e. The van der Waals surface area contributed by atoms with E-state index in [1.54, 1.807) is 0 Å². The monoisotopic (exact) mass is 816 g/mol. The number of nitrogens with one attached hydrogen (secondary N) is 2. The van der Waals surface area contributed by atoms with Gasteiger partial charge in [-0.3, -0.25) is 5.43 Å². The van der Waals surface area contributed by atoms with Gasteiger partial charge in [-0.05, 0) is 68.6 Å². The van der Waals surface area contributed by atoms with E-state index >= 15 is 0 Å². The molecule has 2 aliphatic carbocycles. The van der Waals surface area contributed by atoms with Gasteiger partial charge in [-0.25, -0.2) is 5.43 Å². The number of hydrazine groups is 1. The van der Waals surface area contributed by atoms with Crippen LogP contribution in [0.5, 0.6) is 0 Å². The van der Waals surface area contributed by atoms with Crippen LogP contribution in [0.2, 0.25) is 0 Å². The van der Waals surface area contributed by atoms with Crippen molar-refractivity contribution in [2.24, 2.45) is 5.73 Å². The third kappa shape index (κ3) is 7.03. The molecule has 0 fully saturated rings. The Labute approximate surface area is 371 Å². The number of hydrogen-bond donors (Lipinski definition) is 3. The maximum atomic E-state index is 7.03. The van der Waals surface area contributed by atoms with Crippen LogP contribution in [-0.4, -0.2) is 11.1 Å². The zero-order chi connectivity index (χ0) is 42.8. The lowest BCUT2D eigenvalue weighted by atomic mass is 9.67. The molecule has 0 radical (unpaired) electrons. The molecule has 8 aromatic rings. The molecule has 0 saturated carbocycles. The van der Waals surface area contributed by atoms with E-state index in [0.717, 1.165) is 28.6 Å². The third-order valence-electron chi connectivity index (χ3n) is 13.3. The lowest BCUT2D eigenvalue weighted by Gasteiger charge is -2.34. The van der Waals surface area contributed by atoms with Crippen LogP contribution in [0.1, 0.15) is 64.4 Å². The molecule has 0 aliphatic heterocycles. The Morgan fingerprint density at radius 3 is 2.02 bits per heavy atom. The Balaban J connectivity index is 1.20. The lowest BCUT2D eigenvalue weighted by molar-refractivity contribution is 0.398. The molecule has 10 rings (SSSR count). The van der Waals surface area contributed by atoms with Gasteiger partial charge >= 0.3 is 0 Å². The molecular formula is C59H52N4. The van der Waals surface area contributed by atoms with Gasteiger partial charge in [0.05, 0.1) is 28.5 Å². The van der Waals surface area contributed by atoms with Gasteiger partial charge in [0, 0.05) is 34.5 Å². The molecule has 0 amide bonds. The predicted octanol–water partition coefficient (Wildman–Crippen LogP) is 13.0. The zero-order valence-electron chi connectivity index (χ0n) is 35.7. The standard InChI is InChI=1S/C59H52N4/c1-3-4-22-42(40-61-62-56(44-25-12-6-13-26-44)55(60)43-23-10-5-11-24-43)41-63-53-36-33-47(58(2)37-20-9-21-38-58)39-51(53)50-35-34-49-48-31-18-19-32-52(48)59(54(49)57(50)63,45-27-14-7-15-28-45)46-29-16-8-17-30-46/h3-37,39,41,55-56,61-62H,1,38,40,60H2,2H3/b22-4-,42-41+/t55-,56?,58?/m0/s1. The highest BCUT2D eigenvalue weighted by Gasteiger charge is 2.48. The van der Waals surface area contributed by atoms with E-state index < -0.39 is 5.41 Å². The smallest absolute Gasteiger partial charge is 0.0734 e. The van der Waals surface area contributed by atoms with Crippen molar-refractivity contribution in [3.63, 3.8) is 0 Å². The molecule has 308 valence electrons. The molecule has 7 aromatic carbocycles. The van der Waals surface area contributed by atoms with E-state index in [2.05, 4.69) is 217 Å². The van der Waals surface area contributed by atoms with Crippen LogP contribution in [0.4, 0.5) is 0 Å². The fourth-order valence-electron chi connectivity index (χ4n) is 10.2. The fraction of sp³-hybridized carbons (Fsp3) is 0.119. The summed E-state index contributed by atoms with van der Waals surface area (Å²) in [6, 6.07) is 63.3. The van der Waals surface area contributed by atoms with E-state index in [-0.39, 0.29) is 17.5 Å². The minimum Gasteiger partial charge on any atom is -0.322 e. The Morgan fingerprint density at radius 1 is 0.698 bits per heavy atom. The molecule has 0 spiro atoms. The molecule has 4 N–H and O–H groups in total. The van der Waals surface area contributed by atoms with E-state index in [1.165, 1.54) is 55.2 Å². The summed E-state index contributed by atoms with van der Waals surface area (Å²) in [5.74, 6) is 0. The molecular weight excluding hydrogens is 765 g/mol. The van der Waals surface area contributed by atoms with Crippen LogP contribution < -0.4 is 16.6 Å². The van der Waals surface area contributed by atoms with Crippen molar-refractivity contribution in [3.05, 3.63) is 270 Å². The molecule has 0 saturated heterocycles. The Morgan fingerprint density at radius 2 is 1.35 bits per heavy atom. The molecule has 2 aliphatic rings. The first-order valence-corrected chi connectivity index (χ1v) is 22.0. The summed E-state index contributed by atoms with van der Waals surface area (Å²) in [5, 5.41) is 2.45. The summed E-state index contributed by atoms with van der Waals surface area (Å²) in [7, 11) is 0. The molecule has 63 heavy (non-hydrogen) atoms. The summed E-state index contributed by atoms with van der Waals surface area (Å²) in [5.41, 5.74) is 28.1. The number of rotatable bonds is 13. The molecule has 3 atom stereocenters. The highest BCUT2D eigenvalue weighted by Crippen LogP contribution is 2.59. The van der Waals surface area contributed by atoms with E-state index in [1.807, 2.05) is 36.4 Å². The van der Waals surface area contributed by atoms with Gasteiger partial charge in [0.25, 0.3) is 0 Å². The summed E-state index contributed by atoms with van der Waals surface area (Å²) in [6.45, 7) is 6.93. The van der Waals surface area contributed by atoms with Crippen LogP contribution >= 0.6 is 0 Å². The van der Waals surface area contributed by atoms with E-state index in [9.17, 15) is 0 Å². The van der Waals surface area contributed by atoms with Crippen LogP contribution in [0.15, 0.2) is 231 Å². The average molecular weight is 817 g/mol. The number of allylic oxidation sites excluding steroid dienone is 6. The molecule has 4 heteroatoms. The number of fused-ring (bicyclic) bond motifs is 7. The first-order chi connectivity index (χ1) is 31.0. The van der Waals surface area contributed by atoms with Crippen molar-refractivity contribution >= 4 is 28.0 Å². The number of hydrogen-bond acceptors (Lipinski definition) is 3. The van der Waals surface area contributed by atoms with Gasteiger partial charge < -0.3 is 10.3 Å². The van der Waals surface area contributed by atoms with E-state index in [4.69, 9.17) is 5.73 Å². The highest BCUT2D eigenvalue weighted by molar-refractivity contribution is 6.14. The first kappa shape index (κ1) is 40.0. The summed E-state index contributed by atoms with van der Waals surface area (Å²) < 4.78 is 2.47. The average Bonchev–Trinajstić information content (AvgIpc) is 3.83. The minimum atomic E-state index is -0.590. The van der Waals surface area contributed by atoms with Crippen LogP contribution in [-0.2, 0) is 10.8 Å². The lowest BCUT2D eigenvalue weighted by Crippen LogP contribution is -2.41. The van der Waals surface area contributed by atoms with Gasteiger partial charge in [0.15, 0.2) is 0 Å². The molecule has 4 nitrogen and oxygen atoms in total. The van der Waals surface area contributed by atoms with Crippen molar-refractivity contribution in [1.82, 2.24) is 15.4 Å². The molecule has 0 bridgehead atoms. The van der Waals surface area contributed by atoms with Crippen molar-refractivity contribution in [3.8, 4) is 11.1 Å². The quantitative estimate of drug-likeness (QED) is 0.0802. The normalized spacial score (nSPS) is 17.5. The Kier molecular flexibility index (Phi) is 10.8. The molecule has 1 aromatic heterocycles. The topological polar surface area (TPSA) is 55.0 Å². The number of aromatic nitrogens is 1. The first-order valence-electron chi connectivity index (χ1n) is 22.0. The Bertz CT molecular complexity index is 3010. The second-order valence-corrected chi connectivity index (χ2v) is 17.0. The van der Waals surface area contributed by atoms with Crippen molar-refractivity contribution in [2.75, 3.05) is 6.54 Å². The van der Waals surface area contributed by atoms with Crippen molar-refractivity contribution in [2.45, 2.75) is 36.3 Å². The summed E-state index contributed by atoms with van der Waals surface area (Å²) in [6.07, 6.45) is 18.3. The molecule has 2 unspecified atom stereocenters. The number of nitrogens with two attached hydrogens (primary N) is 1. The van der Waals surface area contributed by atoms with Crippen molar-refractivity contribution in [1.29, 1.82) is 0 Å². The summed E-state index contributed by atoms with van der Waals surface area (Å²) in [4.78, 5) is 0. The SMILES string of the molecule is C=C/C=C\C(=C/n1c2ccc(C3(C)C=CC=CC3)cc2c2ccc3c(c21)C(c1ccccc1)(c1ccccc1)c1ccccc1-3)CNNC(c1ccccc1)[C@@H](N)c1ccccc1. The highest BCUT2D eigenvalue weighted by atomic mass is 15.4. The fourth-order valence-corrected chi connectivity index (χ4v) is 10.2. The minimum absolute atomic E-state index is 0.110. The van der Waals surface area contributed by atoms with Gasteiger partial charge in [-0.1, -0.05) is 220 Å². The van der Waals surface area contributed by atoms with Gasteiger partial charge in [-0.15, -0.1) is 0 Å². The van der Waals surface area contributed by atoms with Crippen LogP contribution in [0, 0.1) is 0 Å². The number of nitrogens with zero attached hydrogens (tertiary/aromatic N) is 1. The summed E-state index contributed by atoms with van der Waals surface area (Å²) >= 11 is 0. The second-order valence-electron chi connectivity index (χ2n) is 17.0. The van der Waals surface area contributed by atoms with Gasteiger partial charge in [-0.2, -0.15) is 0 Å². The van der Waals surface area contributed by atoms with Crippen molar-refractivity contribution < 1.29 is 0 Å². The third-order valence-corrected chi connectivity index (χ3v) is 13.3. The maximum Gasteiger partial charge on any atom is 0.0734 e. The van der Waals surface area contributed by atoms with Gasteiger partial charge in [0.2, 0.25) is 0 Å². The van der Waals surface area contributed by atoms with Crippen LogP contribution in [0.3, 0.4) is 0 Å². The predicted molar refractivity (Wildman–Crippen MR) is 264 cm³/mol. The van der Waals surface area contributed by atoms with Gasteiger partial charge in [0.1, 0.15) is 0 Å². The zero-order valence-corrected chi connectivity index (χ0v) is 35.7. The molecule has 1 heterocycles. The maximum absolute atomic E-state index is 7.03. The Hall–Kier alpha value is -7.08. The van der Waals surface area contributed by atoms with E-state index in [0.29, 0.717) is 6.54 Å². The number of benzene rings is 7. The second kappa shape index (κ2) is 17.0.